The average molecular weight is 321 g/mol. The number of halogens is 2. The molecule has 2 saturated heterocycles. The van der Waals surface area contributed by atoms with Gasteiger partial charge in [0.2, 0.25) is 10.0 Å². The SMILES string of the molecule is O=S(=O)(c1cc(Cl)cc(Cl)c1)N1C[C@H]2CNC[C@H]2C1. The third-order valence-corrected chi connectivity index (χ3v) is 6.08. The highest BCUT2D eigenvalue weighted by Crippen LogP contribution is 2.32. The quantitative estimate of drug-likeness (QED) is 0.904. The molecule has 0 radical (unpaired) electrons. The zero-order chi connectivity index (χ0) is 13.6. The zero-order valence-corrected chi connectivity index (χ0v) is 12.5. The van der Waals surface area contributed by atoms with E-state index in [0.717, 1.165) is 13.1 Å². The van der Waals surface area contributed by atoms with Crippen molar-refractivity contribution in [2.75, 3.05) is 26.2 Å². The molecule has 0 unspecified atom stereocenters. The molecule has 2 aliphatic heterocycles. The van der Waals surface area contributed by atoms with E-state index in [1.165, 1.54) is 18.2 Å². The van der Waals surface area contributed by atoms with Gasteiger partial charge in [0.05, 0.1) is 4.90 Å². The Morgan fingerprint density at radius 2 is 1.58 bits per heavy atom. The van der Waals surface area contributed by atoms with Crippen molar-refractivity contribution in [2.45, 2.75) is 4.90 Å². The van der Waals surface area contributed by atoms with Crippen LogP contribution in [-0.2, 0) is 10.0 Å². The normalized spacial score (nSPS) is 27.7. The van der Waals surface area contributed by atoms with E-state index in [4.69, 9.17) is 23.2 Å². The first-order valence-corrected chi connectivity index (χ1v) is 8.33. The third kappa shape index (κ3) is 2.50. The Balaban J connectivity index is 1.91. The van der Waals surface area contributed by atoms with Gasteiger partial charge in [0.1, 0.15) is 0 Å². The molecule has 2 fully saturated rings. The summed E-state index contributed by atoms with van der Waals surface area (Å²) in [6.07, 6.45) is 0. The van der Waals surface area contributed by atoms with Crippen molar-refractivity contribution in [1.82, 2.24) is 9.62 Å². The Hall–Kier alpha value is -0.330. The highest BCUT2D eigenvalue weighted by molar-refractivity contribution is 7.89. The molecule has 2 aliphatic rings. The third-order valence-electron chi connectivity index (χ3n) is 3.83. The van der Waals surface area contributed by atoms with Gasteiger partial charge in [-0.05, 0) is 43.1 Å². The van der Waals surface area contributed by atoms with E-state index in [2.05, 4.69) is 5.32 Å². The summed E-state index contributed by atoms with van der Waals surface area (Å²) in [5.41, 5.74) is 0. The molecule has 3 rings (SSSR count). The molecule has 1 aromatic carbocycles. The smallest absolute Gasteiger partial charge is 0.243 e. The van der Waals surface area contributed by atoms with Crippen LogP contribution in [0.25, 0.3) is 0 Å². The predicted octanol–water partition coefficient (Wildman–Crippen LogP) is 1.83. The van der Waals surface area contributed by atoms with Gasteiger partial charge in [-0.1, -0.05) is 23.2 Å². The van der Waals surface area contributed by atoms with E-state index in [9.17, 15) is 8.42 Å². The van der Waals surface area contributed by atoms with Gasteiger partial charge in [-0.2, -0.15) is 4.31 Å². The maximum atomic E-state index is 12.6. The predicted molar refractivity (Wildman–Crippen MR) is 75.1 cm³/mol. The van der Waals surface area contributed by atoms with E-state index >= 15 is 0 Å². The first-order chi connectivity index (χ1) is 8.96. The molecule has 0 aliphatic carbocycles. The van der Waals surface area contributed by atoms with Gasteiger partial charge in [0, 0.05) is 23.1 Å². The molecule has 7 heteroatoms. The van der Waals surface area contributed by atoms with E-state index in [1.54, 1.807) is 4.31 Å². The second-order valence-corrected chi connectivity index (χ2v) is 7.92. The fraction of sp³-hybridized carbons (Fsp3) is 0.500. The molecule has 0 amide bonds. The molecule has 1 N–H and O–H groups in total. The summed E-state index contributed by atoms with van der Waals surface area (Å²) in [6, 6.07) is 4.44. The van der Waals surface area contributed by atoms with Crippen molar-refractivity contribution < 1.29 is 8.42 Å². The molecule has 19 heavy (non-hydrogen) atoms. The monoisotopic (exact) mass is 320 g/mol. The van der Waals surface area contributed by atoms with Crippen molar-refractivity contribution in [3.05, 3.63) is 28.2 Å². The van der Waals surface area contributed by atoms with Crippen molar-refractivity contribution in [1.29, 1.82) is 0 Å². The summed E-state index contributed by atoms with van der Waals surface area (Å²) >= 11 is 11.8. The first kappa shape index (κ1) is 13.6. The van der Waals surface area contributed by atoms with E-state index in [-0.39, 0.29) is 4.90 Å². The zero-order valence-electron chi connectivity index (χ0n) is 10.1. The highest BCUT2D eigenvalue weighted by atomic mass is 35.5. The van der Waals surface area contributed by atoms with E-state index in [1.807, 2.05) is 0 Å². The van der Waals surface area contributed by atoms with Crippen molar-refractivity contribution >= 4 is 33.2 Å². The largest absolute Gasteiger partial charge is 0.316 e. The lowest BCUT2D eigenvalue weighted by molar-refractivity contribution is 0.448. The van der Waals surface area contributed by atoms with Crippen LogP contribution in [0.15, 0.2) is 23.1 Å². The van der Waals surface area contributed by atoms with Crippen LogP contribution in [0.1, 0.15) is 0 Å². The Kier molecular flexibility index (Phi) is 3.52. The number of sulfonamides is 1. The molecule has 1 aromatic rings. The van der Waals surface area contributed by atoms with Crippen LogP contribution in [0.4, 0.5) is 0 Å². The van der Waals surface area contributed by atoms with Gasteiger partial charge in [-0.25, -0.2) is 8.42 Å². The molecule has 0 bridgehead atoms. The molecule has 4 nitrogen and oxygen atoms in total. The Morgan fingerprint density at radius 1 is 1.05 bits per heavy atom. The van der Waals surface area contributed by atoms with Gasteiger partial charge in [0.15, 0.2) is 0 Å². The van der Waals surface area contributed by atoms with Crippen LogP contribution >= 0.6 is 23.2 Å². The fourth-order valence-electron chi connectivity index (χ4n) is 2.84. The number of fused-ring (bicyclic) bond motifs is 1. The molecular formula is C12H14Cl2N2O2S. The maximum absolute atomic E-state index is 12.6. The van der Waals surface area contributed by atoms with Gasteiger partial charge >= 0.3 is 0 Å². The average Bonchev–Trinajstić information content (AvgIpc) is 2.87. The Morgan fingerprint density at radius 3 is 2.11 bits per heavy atom. The van der Waals surface area contributed by atoms with Crippen LogP contribution in [-0.4, -0.2) is 38.9 Å². The summed E-state index contributed by atoms with van der Waals surface area (Å²) in [6.45, 7) is 2.94. The van der Waals surface area contributed by atoms with E-state index < -0.39 is 10.0 Å². The number of benzene rings is 1. The van der Waals surface area contributed by atoms with Crippen molar-refractivity contribution in [3.8, 4) is 0 Å². The van der Waals surface area contributed by atoms with Crippen LogP contribution in [0.5, 0.6) is 0 Å². The van der Waals surface area contributed by atoms with Crippen LogP contribution < -0.4 is 5.32 Å². The van der Waals surface area contributed by atoms with Crippen LogP contribution in [0, 0.1) is 11.8 Å². The standard InChI is InChI=1S/C12H14Cl2N2O2S/c13-10-1-11(14)3-12(2-10)19(17,18)16-6-8-4-15-5-9(8)7-16/h1-3,8-9,15H,4-7H2/t8-,9+. The van der Waals surface area contributed by atoms with Crippen molar-refractivity contribution in [3.63, 3.8) is 0 Å². The lowest BCUT2D eigenvalue weighted by Gasteiger charge is -2.17. The number of hydrogen-bond donors (Lipinski definition) is 1. The van der Waals surface area contributed by atoms with Crippen LogP contribution in [0.2, 0.25) is 10.0 Å². The van der Waals surface area contributed by atoms with E-state index in [0.29, 0.717) is 35.0 Å². The van der Waals surface area contributed by atoms with Gasteiger partial charge in [-0.3, -0.25) is 0 Å². The first-order valence-electron chi connectivity index (χ1n) is 6.14. The van der Waals surface area contributed by atoms with Gasteiger partial charge in [0.25, 0.3) is 0 Å². The molecule has 2 heterocycles. The molecule has 0 saturated carbocycles. The fourth-order valence-corrected chi connectivity index (χ4v) is 5.12. The molecule has 2 atom stereocenters. The number of hydrogen-bond acceptors (Lipinski definition) is 3. The summed E-state index contributed by atoms with van der Waals surface area (Å²) < 4.78 is 26.7. The minimum Gasteiger partial charge on any atom is -0.316 e. The Bertz CT molecular complexity index is 573. The molecular weight excluding hydrogens is 307 g/mol. The molecule has 104 valence electrons. The number of rotatable bonds is 2. The lowest BCUT2D eigenvalue weighted by Crippen LogP contribution is -2.31. The molecule has 0 aromatic heterocycles. The summed E-state index contributed by atoms with van der Waals surface area (Å²) in [4.78, 5) is 0.179. The second-order valence-electron chi connectivity index (χ2n) is 5.11. The topological polar surface area (TPSA) is 49.4 Å². The Labute approximate surface area is 122 Å². The summed E-state index contributed by atoms with van der Waals surface area (Å²) in [5.74, 6) is 0.842. The highest BCUT2D eigenvalue weighted by Gasteiger charge is 2.41. The molecule has 0 spiro atoms. The van der Waals surface area contributed by atoms with Gasteiger partial charge < -0.3 is 5.32 Å². The summed E-state index contributed by atoms with van der Waals surface area (Å²) in [5, 5.41) is 3.97. The van der Waals surface area contributed by atoms with Crippen LogP contribution in [0.3, 0.4) is 0 Å². The minimum atomic E-state index is -3.49. The maximum Gasteiger partial charge on any atom is 0.243 e. The summed E-state index contributed by atoms with van der Waals surface area (Å²) in [7, 11) is -3.49. The second kappa shape index (κ2) is 4.90. The number of nitrogens with one attached hydrogen (secondary N) is 1. The number of nitrogens with zero attached hydrogens (tertiary/aromatic N) is 1. The van der Waals surface area contributed by atoms with Crippen molar-refractivity contribution in [2.24, 2.45) is 11.8 Å². The lowest BCUT2D eigenvalue weighted by atomic mass is 10.0. The minimum absolute atomic E-state index is 0.179. The van der Waals surface area contributed by atoms with Gasteiger partial charge in [-0.15, -0.1) is 0 Å².